The molecule has 1 aromatic carbocycles. The Hall–Kier alpha value is -2.34. The van der Waals surface area contributed by atoms with Crippen LogP contribution in [0, 0.1) is 0 Å². The van der Waals surface area contributed by atoms with Crippen molar-refractivity contribution in [3.05, 3.63) is 53.9 Å². The Morgan fingerprint density at radius 2 is 1.92 bits per heavy atom. The van der Waals surface area contributed by atoms with Crippen LogP contribution >= 0.6 is 11.8 Å². The number of aromatic carboxylic acids is 1. The average molecular weight is 355 g/mol. The number of aromatic nitrogens is 3. The van der Waals surface area contributed by atoms with Gasteiger partial charge in [0.25, 0.3) is 0 Å². The van der Waals surface area contributed by atoms with Crippen LogP contribution in [0.25, 0.3) is 16.7 Å². The number of hydrogen-bond donors (Lipinski definition) is 1. The average Bonchev–Trinajstić information content (AvgIpc) is 2.97. The van der Waals surface area contributed by atoms with Gasteiger partial charge < -0.3 is 5.11 Å². The van der Waals surface area contributed by atoms with Gasteiger partial charge in [-0.25, -0.2) is 14.5 Å². The maximum absolute atomic E-state index is 11.0. The molecule has 5 nitrogen and oxygen atoms in total. The minimum Gasteiger partial charge on any atom is -0.478 e. The molecule has 3 aromatic rings. The molecule has 2 aromatic heterocycles. The fourth-order valence-corrected chi connectivity index (χ4v) is 3.46. The topological polar surface area (TPSA) is 68.0 Å². The van der Waals surface area contributed by atoms with Crippen molar-refractivity contribution >= 4 is 28.8 Å². The van der Waals surface area contributed by atoms with Gasteiger partial charge in [-0.3, -0.25) is 0 Å². The number of rotatable bonds is 5. The van der Waals surface area contributed by atoms with Gasteiger partial charge in [0.2, 0.25) is 0 Å². The van der Waals surface area contributed by atoms with Crippen molar-refractivity contribution < 1.29 is 9.90 Å². The molecule has 25 heavy (non-hydrogen) atoms. The molecule has 130 valence electrons. The number of aryl methyl sites for hydroxylation is 1. The molecule has 0 saturated carbocycles. The lowest BCUT2D eigenvalue weighted by Gasteiger charge is -2.17. The Morgan fingerprint density at radius 3 is 2.56 bits per heavy atom. The largest absolute Gasteiger partial charge is 0.478 e. The quantitative estimate of drug-likeness (QED) is 0.743. The van der Waals surface area contributed by atoms with Crippen molar-refractivity contribution in [1.29, 1.82) is 0 Å². The van der Waals surface area contributed by atoms with Gasteiger partial charge in [-0.15, -0.1) is 0 Å². The van der Waals surface area contributed by atoms with Gasteiger partial charge in [-0.2, -0.15) is 16.9 Å². The molecule has 0 radical (unpaired) electrons. The lowest BCUT2D eigenvalue weighted by molar-refractivity contribution is 0.0697. The molecule has 0 unspecified atom stereocenters. The molecular weight excluding hydrogens is 334 g/mol. The zero-order valence-electron chi connectivity index (χ0n) is 14.6. The molecule has 6 heteroatoms. The number of pyridine rings is 1. The molecule has 0 atom stereocenters. The highest BCUT2D eigenvalue weighted by Gasteiger charge is 2.11. The van der Waals surface area contributed by atoms with Gasteiger partial charge in [0.15, 0.2) is 5.65 Å². The molecule has 0 aliphatic carbocycles. The number of nitrogens with zero attached hydrogens (tertiary/aromatic N) is 3. The van der Waals surface area contributed by atoms with Gasteiger partial charge in [-0.1, -0.05) is 20.8 Å². The molecular formula is C19H21N3O2S. The van der Waals surface area contributed by atoms with E-state index in [1.807, 2.05) is 18.0 Å². The zero-order chi connectivity index (χ0) is 18.0. The summed E-state index contributed by atoms with van der Waals surface area (Å²) in [4.78, 5) is 15.5. The molecule has 0 aliphatic rings. The van der Waals surface area contributed by atoms with Crippen LogP contribution in [0.5, 0.6) is 0 Å². The smallest absolute Gasteiger partial charge is 0.335 e. The SMILES string of the molecule is CC(C)(C)SCCc1cnc2c(cnn2-c2ccc(C(=O)O)cc2)c1. The van der Waals surface area contributed by atoms with E-state index >= 15 is 0 Å². The van der Waals surface area contributed by atoms with Crippen LogP contribution in [0.3, 0.4) is 0 Å². The van der Waals surface area contributed by atoms with Crippen LogP contribution in [0.2, 0.25) is 0 Å². The van der Waals surface area contributed by atoms with Crippen LogP contribution in [0.4, 0.5) is 0 Å². The first-order chi connectivity index (χ1) is 11.8. The predicted molar refractivity (Wildman–Crippen MR) is 102 cm³/mol. The number of benzene rings is 1. The Kier molecular flexibility index (Phi) is 4.81. The molecule has 3 rings (SSSR count). The van der Waals surface area contributed by atoms with Crippen molar-refractivity contribution in [2.24, 2.45) is 0 Å². The van der Waals surface area contributed by atoms with Crippen molar-refractivity contribution in [1.82, 2.24) is 14.8 Å². The zero-order valence-corrected chi connectivity index (χ0v) is 15.4. The second kappa shape index (κ2) is 6.88. The van der Waals surface area contributed by atoms with Crippen molar-refractivity contribution in [3.8, 4) is 5.69 Å². The van der Waals surface area contributed by atoms with E-state index in [1.165, 1.54) is 5.56 Å². The second-order valence-electron chi connectivity index (χ2n) is 6.88. The van der Waals surface area contributed by atoms with E-state index in [1.54, 1.807) is 35.1 Å². The van der Waals surface area contributed by atoms with Crippen molar-refractivity contribution in [2.45, 2.75) is 31.9 Å². The Labute approximate surface area is 151 Å². The minimum atomic E-state index is -0.937. The normalized spacial score (nSPS) is 11.8. The fraction of sp³-hybridized carbons (Fsp3) is 0.316. The van der Waals surface area contributed by atoms with Crippen molar-refractivity contribution in [3.63, 3.8) is 0 Å². The number of hydrogen-bond acceptors (Lipinski definition) is 4. The first kappa shape index (κ1) is 17.5. The van der Waals surface area contributed by atoms with Crippen molar-refractivity contribution in [2.75, 3.05) is 5.75 Å². The van der Waals surface area contributed by atoms with Crippen LogP contribution in [0.15, 0.2) is 42.7 Å². The van der Waals surface area contributed by atoms with E-state index in [0.717, 1.165) is 28.9 Å². The maximum Gasteiger partial charge on any atom is 0.335 e. The summed E-state index contributed by atoms with van der Waals surface area (Å²) in [5.74, 6) is 0.120. The molecule has 0 bridgehead atoms. The number of fused-ring (bicyclic) bond motifs is 1. The molecule has 0 amide bonds. The summed E-state index contributed by atoms with van der Waals surface area (Å²) in [5.41, 5.74) is 3.02. The van der Waals surface area contributed by atoms with Gasteiger partial charge in [0, 0.05) is 16.3 Å². The molecule has 0 saturated heterocycles. The lowest BCUT2D eigenvalue weighted by Crippen LogP contribution is -2.09. The van der Waals surface area contributed by atoms with Gasteiger partial charge >= 0.3 is 5.97 Å². The molecule has 0 fully saturated rings. The monoisotopic (exact) mass is 355 g/mol. The van der Waals surface area contributed by atoms with Crippen LogP contribution in [-0.4, -0.2) is 36.3 Å². The predicted octanol–water partition coefficient (Wildman–Crippen LogP) is 4.19. The molecule has 0 aliphatic heterocycles. The van der Waals surface area contributed by atoms with E-state index in [0.29, 0.717) is 0 Å². The highest BCUT2D eigenvalue weighted by molar-refractivity contribution is 8.00. The summed E-state index contributed by atoms with van der Waals surface area (Å²) < 4.78 is 2.00. The van der Waals surface area contributed by atoms with E-state index in [9.17, 15) is 4.79 Å². The number of carboxylic acid groups (broad SMARTS) is 1. The van der Waals surface area contributed by atoms with Crippen LogP contribution < -0.4 is 0 Å². The minimum absolute atomic E-state index is 0.256. The van der Waals surface area contributed by atoms with Gasteiger partial charge in [0.05, 0.1) is 17.4 Å². The standard InChI is InChI=1S/C19H21N3O2S/c1-19(2,3)25-9-8-13-10-15-12-21-22(17(15)20-11-13)16-6-4-14(5-7-16)18(23)24/h4-7,10-12H,8-9H2,1-3H3,(H,23,24). The van der Waals surface area contributed by atoms with Gasteiger partial charge in [0.1, 0.15) is 0 Å². The molecule has 2 heterocycles. The van der Waals surface area contributed by atoms with E-state index in [-0.39, 0.29) is 10.3 Å². The summed E-state index contributed by atoms with van der Waals surface area (Å²) in [5, 5.41) is 14.4. The number of carbonyl (C=O) groups is 1. The third-order valence-electron chi connectivity index (χ3n) is 3.75. The van der Waals surface area contributed by atoms with E-state index in [4.69, 9.17) is 5.11 Å². The lowest BCUT2D eigenvalue weighted by atomic mass is 10.2. The highest BCUT2D eigenvalue weighted by Crippen LogP contribution is 2.24. The summed E-state index contributed by atoms with van der Waals surface area (Å²) in [7, 11) is 0. The first-order valence-electron chi connectivity index (χ1n) is 8.14. The van der Waals surface area contributed by atoms with E-state index < -0.39 is 5.97 Å². The summed E-state index contributed by atoms with van der Waals surface area (Å²) >= 11 is 1.94. The van der Waals surface area contributed by atoms with Crippen LogP contribution in [0.1, 0.15) is 36.7 Å². The Morgan fingerprint density at radius 1 is 1.20 bits per heavy atom. The fourth-order valence-electron chi connectivity index (χ4n) is 2.51. The maximum atomic E-state index is 11.0. The summed E-state index contributed by atoms with van der Waals surface area (Å²) in [6, 6.07) is 8.75. The molecule has 0 spiro atoms. The first-order valence-corrected chi connectivity index (χ1v) is 9.12. The van der Waals surface area contributed by atoms with Gasteiger partial charge in [-0.05, 0) is 48.1 Å². The summed E-state index contributed by atoms with van der Waals surface area (Å²) in [6.07, 6.45) is 4.67. The number of thioether (sulfide) groups is 1. The van der Waals surface area contributed by atoms with Crippen LogP contribution in [-0.2, 0) is 6.42 Å². The molecule has 1 N–H and O–H groups in total. The number of carboxylic acids is 1. The Bertz CT molecular complexity index is 895. The third kappa shape index (κ3) is 4.20. The highest BCUT2D eigenvalue weighted by atomic mass is 32.2. The Balaban J connectivity index is 1.81. The second-order valence-corrected chi connectivity index (χ2v) is 8.80. The van der Waals surface area contributed by atoms with E-state index in [2.05, 4.69) is 36.9 Å². The summed E-state index contributed by atoms with van der Waals surface area (Å²) in [6.45, 7) is 6.66. The third-order valence-corrected chi connectivity index (χ3v) is 5.02.